The van der Waals surface area contributed by atoms with Crippen molar-refractivity contribution < 1.29 is 14.3 Å². The van der Waals surface area contributed by atoms with Crippen LogP contribution < -0.4 is 14.8 Å². The molecule has 22 heavy (non-hydrogen) atoms. The molecule has 0 spiro atoms. The molecule has 0 heterocycles. The lowest BCUT2D eigenvalue weighted by Crippen LogP contribution is -2.13. The highest BCUT2D eigenvalue weighted by Crippen LogP contribution is 2.34. The standard InChI is InChI=1S/C17H18INO3/c1-4-22-15-10-12(9-14(18)16(15)21-3)17(20)19-13-7-5-11(2)6-8-13/h5-10H,4H2,1-3H3,(H,19,20). The fourth-order valence-electron chi connectivity index (χ4n) is 2.00. The van der Waals surface area contributed by atoms with Crippen molar-refractivity contribution in [2.45, 2.75) is 13.8 Å². The SMILES string of the molecule is CCOc1cc(C(=O)Nc2ccc(C)cc2)cc(I)c1OC. The van der Waals surface area contributed by atoms with Crippen molar-refractivity contribution in [1.82, 2.24) is 0 Å². The van der Waals surface area contributed by atoms with E-state index in [-0.39, 0.29) is 5.91 Å². The average Bonchev–Trinajstić information content (AvgIpc) is 2.49. The summed E-state index contributed by atoms with van der Waals surface area (Å²) in [6.07, 6.45) is 0. The predicted octanol–water partition coefficient (Wildman–Crippen LogP) is 4.26. The van der Waals surface area contributed by atoms with Crippen LogP contribution in [0.5, 0.6) is 11.5 Å². The molecule has 0 saturated heterocycles. The van der Waals surface area contributed by atoms with Crippen molar-refractivity contribution in [3.05, 3.63) is 51.1 Å². The third kappa shape index (κ3) is 3.91. The number of nitrogens with one attached hydrogen (secondary N) is 1. The zero-order chi connectivity index (χ0) is 16.1. The number of amides is 1. The summed E-state index contributed by atoms with van der Waals surface area (Å²) in [4.78, 5) is 12.4. The Kier molecular flexibility index (Phi) is 5.65. The van der Waals surface area contributed by atoms with Gasteiger partial charge >= 0.3 is 0 Å². The molecule has 0 bridgehead atoms. The molecule has 0 atom stereocenters. The lowest BCUT2D eigenvalue weighted by Gasteiger charge is -2.13. The first-order valence-corrected chi connectivity index (χ1v) is 8.01. The number of halogens is 1. The van der Waals surface area contributed by atoms with Crippen molar-refractivity contribution in [2.24, 2.45) is 0 Å². The van der Waals surface area contributed by atoms with Gasteiger partial charge in [-0.2, -0.15) is 0 Å². The van der Waals surface area contributed by atoms with Crippen LogP contribution in [-0.4, -0.2) is 19.6 Å². The fraction of sp³-hybridized carbons (Fsp3) is 0.235. The highest BCUT2D eigenvalue weighted by atomic mass is 127. The van der Waals surface area contributed by atoms with Crippen LogP contribution in [0.1, 0.15) is 22.8 Å². The molecule has 4 nitrogen and oxygen atoms in total. The molecule has 0 aliphatic rings. The van der Waals surface area contributed by atoms with Crippen LogP contribution in [0.3, 0.4) is 0 Å². The lowest BCUT2D eigenvalue weighted by molar-refractivity contribution is 0.102. The Labute approximate surface area is 144 Å². The Morgan fingerprint density at radius 3 is 2.50 bits per heavy atom. The van der Waals surface area contributed by atoms with Gasteiger partial charge in [-0.1, -0.05) is 17.7 Å². The molecular weight excluding hydrogens is 393 g/mol. The number of hydrogen-bond donors (Lipinski definition) is 1. The number of rotatable bonds is 5. The Morgan fingerprint density at radius 2 is 1.91 bits per heavy atom. The number of carbonyl (C=O) groups excluding carboxylic acids is 1. The van der Waals surface area contributed by atoms with E-state index in [9.17, 15) is 4.79 Å². The third-order valence-electron chi connectivity index (χ3n) is 3.09. The number of benzene rings is 2. The molecule has 2 aromatic rings. The topological polar surface area (TPSA) is 47.6 Å². The van der Waals surface area contributed by atoms with Gasteiger partial charge in [0.2, 0.25) is 0 Å². The monoisotopic (exact) mass is 411 g/mol. The number of aryl methyl sites for hydroxylation is 1. The van der Waals surface area contributed by atoms with Gasteiger partial charge in [0, 0.05) is 11.3 Å². The van der Waals surface area contributed by atoms with Gasteiger partial charge in [-0.3, -0.25) is 4.79 Å². The normalized spacial score (nSPS) is 10.2. The Hall–Kier alpha value is -1.76. The maximum absolute atomic E-state index is 12.4. The van der Waals surface area contributed by atoms with E-state index in [0.717, 1.165) is 14.8 Å². The maximum atomic E-state index is 12.4. The quantitative estimate of drug-likeness (QED) is 0.749. The van der Waals surface area contributed by atoms with Crippen LogP contribution in [-0.2, 0) is 0 Å². The molecule has 5 heteroatoms. The van der Waals surface area contributed by atoms with Gasteiger partial charge in [0.25, 0.3) is 5.91 Å². The van der Waals surface area contributed by atoms with Gasteiger partial charge < -0.3 is 14.8 Å². The second-order valence-electron chi connectivity index (χ2n) is 4.74. The minimum atomic E-state index is -0.176. The van der Waals surface area contributed by atoms with Gasteiger partial charge in [0.05, 0.1) is 17.3 Å². The molecule has 0 fully saturated rings. The maximum Gasteiger partial charge on any atom is 0.255 e. The smallest absolute Gasteiger partial charge is 0.255 e. The lowest BCUT2D eigenvalue weighted by atomic mass is 10.1. The average molecular weight is 411 g/mol. The summed E-state index contributed by atoms with van der Waals surface area (Å²) in [5.74, 6) is 1.05. The number of methoxy groups -OCH3 is 1. The highest BCUT2D eigenvalue weighted by molar-refractivity contribution is 14.1. The summed E-state index contributed by atoms with van der Waals surface area (Å²) in [5, 5.41) is 2.88. The van der Waals surface area contributed by atoms with Crippen molar-refractivity contribution in [2.75, 3.05) is 19.0 Å². The summed E-state index contributed by atoms with van der Waals surface area (Å²) >= 11 is 2.14. The van der Waals surface area contributed by atoms with E-state index in [2.05, 4.69) is 27.9 Å². The van der Waals surface area contributed by atoms with E-state index in [0.29, 0.717) is 23.7 Å². The molecule has 116 valence electrons. The second-order valence-corrected chi connectivity index (χ2v) is 5.90. The van der Waals surface area contributed by atoms with Crippen molar-refractivity contribution in [3.63, 3.8) is 0 Å². The Morgan fingerprint density at radius 1 is 1.23 bits per heavy atom. The summed E-state index contributed by atoms with van der Waals surface area (Å²) in [6.45, 7) is 4.41. The van der Waals surface area contributed by atoms with Crippen molar-refractivity contribution in [3.8, 4) is 11.5 Å². The molecule has 0 aliphatic heterocycles. The summed E-state index contributed by atoms with van der Waals surface area (Å²) in [7, 11) is 1.59. The number of anilines is 1. The number of carbonyl (C=O) groups is 1. The van der Waals surface area contributed by atoms with Gasteiger partial charge in [-0.25, -0.2) is 0 Å². The van der Waals surface area contributed by atoms with Crippen LogP contribution in [0.15, 0.2) is 36.4 Å². The van der Waals surface area contributed by atoms with Gasteiger partial charge in [0.1, 0.15) is 0 Å². The number of ether oxygens (including phenoxy) is 2. The van der Waals surface area contributed by atoms with Crippen LogP contribution in [0, 0.1) is 10.5 Å². The van der Waals surface area contributed by atoms with E-state index in [1.54, 1.807) is 19.2 Å². The summed E-state index contributed by atoms with van der Waals surface area (Å²) < 4.78 is 11.7. The first-order chi connectivity index (χ1) is 10.5. The summed E-state index contributed by atoms with van der Waals surface area (Å²) in [5.41, 5.74) is 2.45. The molecule has 1 amide bonds. The first kappa shape index (κ1) is 16.6. The van der Waals surface area contributed by atoms with Gasteiger partial charge in [-0.05, 0) is 60.7 Å². The summed E-state index contributed by atoms with van der Waals surface area (Å²) in [6, 6.07) is 11.2. The Bertz CT molecular complexity index is 668. The van der Waals surface area contributed by atoms with Crippen molar-refractivity contribution >= 4 is 34.2 Å². The first-order valence-electron chi connectivity index (χ1n) is 6.93. The predicted molar refractivity (Wildman–Crippen MR) is 96.0 cm³/mol. The van der Waals surface area contributed by atoms with E-state index >= 15 is 0 Å². The zero-order valence-electron chi connectivity index (χ0n) is 12.8. The number of hydrogen-bond acceptors (Lipinski definition) is 3. The van der Waals surface area contributed by atoms with E-state index < -0.39 is 0 Å². The molecule has 0 aliphatic carbocycles. The molecule has 0 saturated carbocycles. The Balaban J connectivity index is 2.27. The van der Waals surface area contributed by atoms with Crippen LogP contribution in [0.4, 0.5) is 5.69 Å². The zero-order valence-corrected chi connectivity index (χ0v) is 14.9. The second kappa shape index (κ2) is 7.49. The van der Waals surface area contributed by atoms with Crippen LogP contribution in [0.2, 0.25) is 0 Å². The fourth-order valence-corrected chi connectivity index (χ4v) is 2.82. The van der Waals surface area contributed by atoms with E-state index in [1.807, 2.05) is 38.1 Å². The van der Waals surface area contributed by atoms with Gasteiger partial charge in [0.15, 0.2) is 11.5 Å². The molecule has 2 rings (SSSR count). The molecule has 0 radical (unpaired) electrons. The van der Waals surface area contributed by atoms with E-state index in [4.69, 9.17) is 9.47 Å². The van der Waals surface area contributed by atoms with Crippen LogP contribution in [0.25, 0.3) is 0 Å². The van der Waals surface area contributed by atoms with E-state index in [1.165, 1.54) is 0 Å². The minimum Gasteiger partial charge on any atom is -0.492 e. The largest absolute Gasteiger partial charge is 0.492 e. The van der Waals surface area contributed by atoms with Gasteiger partial charge in [-0.15, -0.1) is 0 Å². The highest BCUT2D eigenvalue weighted by Gasteiger charge is 2.15. The molecule has 1 N–H and O–H groups in total. The van der Waals surface area contributed by atoms with Crippen molar-refractivity contribution in [1.29, 1.82) is 0 Å². The molecule has 0 unspecified atom stereocenters. The van der Waals surface area contributed by atoms with Crippen LogP contribution >= 0.6 is 22.6 Å². The third-order valence-corrected chi connectivity index (χ3v) is 3.89. The molecule has 2 aromatic carbocycles. The minimum absolute atomic E-state index is 0.176. The molecular formula is C17H18INO3. The molecule has 0 aromatic heterocycles.